The van der Waals surface area contributed by atoms with Gasteiger partial charge in [-0.05, 0) is 12.8 Å². The van der Waals surface area contributed by atoms with Crippen LogP contribution in [0, 0.1) is 0 Å². The van der Waals surface area contributed by atoms with Gasteiger partial charge in [0.1, 0.15) is 0 Å². The smallest absolute Gasteiger partial charge is 0.379 e. The molecular weight excluding hydrogens is 240 g/mol. The van der Waals surface area contributed by atoms with Crippen LogP contribution in [0.3, 0.4) is 0 Å². The first-order chi connectivity index (χ1) is 8.60. The molecule has 0 aromatic heterocycles. The molecule has 0 aliphatic heterocycles. The maximum atomic E-state index is 11.0. The number of ether oxygens (including phenoxy) is 1. The first kappa shape index (κ1) is 16.1. The highest BCUT2D eigenvalue weighted by molar-refractivity contribution is 5.91. The molecule has 0 saturated carbocycles. The lowest BCUT2D eigenvalue weighted by Crippen LogP contribution is -2.10. The van der Waals surface area contributed by atoms with Crippen molar-refractivity contribution in [1.29, 1.82) is 0 Å². The van der Waals surface area contributed by atoms with Crippen LogP contribution in [-0.2, 0) is 28.9 Å². The van der Waals surface area contributed by atoms with Crippen LogP contribution < -0.4 is 0 Å². The molecule has 0 unspecified atom stereocenters. The minimum Gasteiger partial charge on any atom is -0.463 e. The van der Waals surface area contributed by atoms with Crippen molar-refractivity contribution in [2.75, 3.05) is 6.61 Å². The van der Waals surface area contributed by atoms with Gasteiger partial charge in [0.05, 0.1) is 6.61 Å². The van der Waals surface area contributed by atoms with Crippen LogP contribution in [0.5, 0.6) is 0 Å². The summed E-state index contributed by atoms with van der Waals surface area (Å²) in [6.07, 6.45) is 4.19. The molecule has 0 saturated heterocycles. The lowest BCUT2D eigenvalue weighted by atomic mass is 10.3. The van der Waals surface area contributed by atoms with Crippen LogP contribution in [0.2, 0.25) is 0 Å². The second-order valence-electron chi connectivity index (χ2n) is 3.46. The average Bonchev–Trinajstić information content (AvgIpc) is 2.34. The molecule has 0 radical (unpaired) electrons. The first-order valence-electron chi connectivity index (χ1n) is 5.86. The van der Waals surface area contributed by atoms with Crippen molar-refractivity contribution >= 4 is 17.9 Å². The molecule has 0 atom stereocenters. The van der Waals surface area contributed by atoms with Crippen LogP contribution in [0.15, 0.2) is 12.2 Å². The first-order valence-corrected chi connectivity index (χ1v) is 5.86. The van der Waals surface area contributed by atoms with Crippen molar-refractivity contribution in [2.24, 2.45) is 0 Å². The Labute approximate surface area is 106 Å². The van der Waals surface area contributed by atoms with Gasteiger partial charge in [0.2, 0.25) is 0 Å². The third kappa shape index (κ3) is 9.38. The number of carbonyl (C=O) groups is 3. The van der Waals surface area contributed by atoms with E-state index in [9.17, 15) is 14.4 Å². The number of unbranched alkanes of at least 4 members (excludes halogenated alkanes) is 1. The molecule has 0 amide bonds. The summed E-state index contributed by atoms with van der Waals surface area (Å²) in [7, 11) is 0. The highest BCUT2D eigenvalue weighted by Crippen LogP contribution is 1.94. The summed E-state index contributed by atoms with van der Waals surface area (Å²) in [6, 6.07) is 0. The normalized spacial score (nSPS) is 10.1. The van der Waals surface area contributed by atoms with Crippen LogP contribution in [-0.4, -0.2) is 24.5 Å². The fourth-order valence-corrected chi connectivity index (χ4v) is 0.862. The van der Waals surface area contributed by atoms with Gasteiger partial charge in [0, 0.05) is 18.6 Å². The Bertz CT molecular complexity index is 308. The van der Waals surface area contributed by atoms with Gasteiger partial charge in [-0.15, -0.1) is 0 Å². The molecule has 18 heavy (non-hydrogen) atoms. The molecule has 0 bridgehead atoms. The zero-order valence-corrected chi connectivity index (χ0v) is 10.6. The zero-order valence-electron chi connectivity index (χ0n) is 10.6. The molecule has 0 heterocycles. The number of hydrogen-bond donors (Lipinski definition) is 0. The van der Waals surface area contributed by atoms with E-state index < -0.39 is 17.9 Å². The molecule has 0 aromatic rings. The van der Waals surface area contributed by atoms with Crippen LogP contribution in [0.4, 0.5) is 0 Å². The number of rotatable bonds is 7. The summed E-state index contributed by atoms with van der Waals surface area (Å²) in [5.41, 5.74) is 0. The van der Waals surface area contributed by atoms with Gasteiger partial charge < -0.3 is 4.74 Å². The number of esters is 1. The van der Waals surface area contributed by atoms with E-state index in [1.165, 1.54) is 0 Å². The maximum absolute atomic E-state index is 11.0. The Morgan fingerprint density at radius 2 is 1.61 bits per heavy atom. The number of hydrogen-bond acceptors (Lipinski definition) is 6. The SMILES string of the molecule is CCCCOC(=O)/C=C/C(=O)OOC(=O)CCC. The highest BCUT2D eigenvalue weighted by atomic mass is 17.2. The predicted octanol–water partition coefficient (Wildman–Crippen LogP) is 1.69. The predicted molar refractivity (Wildman–Crippen MR) is 62.1 cm³/mol. The van der Waals surface area contributed by atoms with Crippen LogP contribution in [0.25, 0.3) is 0 Å². The second kappa shape index (κ2) is 10.3. The summed E-state index contributed by atoms with van der Waals surface area (Å²) >= 11 is 0. The maximum Gasteiger partial charge on any atom is 0.379 e. The zero-order chi connectivity index (χ0) is 13.8. The molecule has 0 fully saturated rings. The fourth-order valence-electron chi connectivity index (χ4n) is 0.862. The quantitative estimate of drug-likeness (QED) is 0.227. The minimum atomic E-state index is -0.938. The Balaban J connectivity index is 3.79. The van der Waals surface area contributed by atoms with Gasteiger partial charge in [-0.25, -0.2) is 24.2 Å². The van der Waals surface area contributed by atoms with Crippen molar-refractivity contribution in [3.63, 3.8) is 0 Å². The van der Waals surface area contributed by atoms with Gasteiger partial charge in [0.25, 0.3) is 0 Å². The lowest BCUT2D eigenvalue weighted by Gasteiger charge is -2.00. The van der Waals surface area contributed by atoms with Gasteiger partial charge in [0.15, 0.2) is 0 Å². The van der Waals surface area contributed by atoms with E-state index in [2.05, 4.69) is 9.78 Å². The van der Waals surface area contributed by atoms with Gasteiger partial charge in [-0.3, -0.25) is 0 Å². The molecule has 0 rings (SSSR count). The van der Waals surface area contributed by atoms with E-state index in [-0.39, 0.29) is 6.42 Å². The summed E-state index contributed by atoms with van der Waals surface area (Å²) in [4.78, 5) is 41.2. The third-order valence-electron chi connectivity index (χ3n) is 1.77. The van der Waals surface area contributed by atoms with E-state index in [1.807, 2.05) is 6.92 Å². The molecule has 0 aliphatic carbocycles. The largest absolute Gasteiger partial charge is 0.463 e. The van der Waals surface area contributed by atoms with Crippen molar-refractivity contribution in [1.82, 2.24) is 0 Å². The molecular formula is C12H18O6. The standard InChI is InChI=1S/C12H18O6/c1-3-5-9-16-10(13)7-8-12(15)18-17-11(14)6-4-2/h7-8H,3-6,9H2,1-2H3/b8-7+. The van der Waals surface area contributed by atoms with Crippen molar-refractivity contribution in [3.8, 4) is 0 Å². The highest BCUT2D eigenvalue weighted by Gasteiger charge is 2.06. The van der Waals surface area contributed by atoms with Gasteiger partial charge in [-0.1, -0.05) is 20.3 Å². The molecule has 0 aliphatic rings. The van der Waals surface area contributed by atoms with Crippen LogP contribution in [0.1, 0.15) is 39.5 Å². The molecule has 102 valence electrons. The van der Waals surface area contributed by atoms with E-state index >= 15 is 0 Å². The van der Waals surface area contributed by atoms with Crippen molar-refractivity contribution in [3.05, 3.63) is 12.2 Å². The van der Waals surface area contributed by atoms with E-state index in [0.29, 0.717) is 13.0 Å². The Kier molecular flexibility index (Phi) is 9.25. The van der Waals surface area contributed by atoms with Crippen LogP contribution >= 0.6 is 0 Å². The Morgan fingerprint density at radius 3 is 2.22 bits per heavy atom. The lowest BCUT2D eigenvalue weighted by molar-refractivity contribution is -0.254. The van der Waals surface area contributed by atoms with Crippen molar-refractivity contribution < 1.29 is 28.9 Å². The molecule has 0 aromatic carbocycles. The second-order valence-corrected chi connectivity index (χ2v) is 3.46. The van der Waals surface area contributed by atoms with E-state index in [1.54, 1.807) is 6.92 Å². The van der Waals surface area contributed by atoms with E-state index in [4.69, 9.17) is 4.74 Å². The summed E-state index contributed by atoms with van der Waals surface area (Å²) in [6.45, 7) is 4.06. The molecule has 0 N–H and O–H groups in total. The number of carbonyl (C=O) groups excluding carboxylic acids is 3. The third-order valence-corrected chi connectivity index (χ3v) is 1.77. The van der Waals surface area contributed by atoms with E-state index in [0.717, 1.165) is 25.0 Å². The summed E-state index contributed by atoms with van der Waals surface area (Å²) in [5.74, 6) is -2.21. The topological polar surface area (TPSA) is 78.9 Å². The minimum absolute atomic E-state index is 0.163. The summed E-state index contributed by atoms with van der Waals surface area (Å²) in [5, 5.41) is 0. The Hall–Kier alpha value is -1.85. The monoisotopic (exact) mass is 258 g/mol. The molecule has 0 spiro atoms. The fraction of sp³-hybridized carbons (Fsp3) is 0.583. The van der Waals surface area contributed by atoms with Crippen molar-refractivity contribution in [2.45, 2.75) is 39.5 Å². The Morgan fingerprint density at radius 1 is 0.944 bits per heavy atom. The van der Waals surface area contributed by atoms with Gasteiger partial charge in [-0.2, -0.15) is 0 Å². The van der Waals surface area contributed by atoms with Gasteiger partial charge >= 0.3 is 17.9 Å². The molecule has 6 nitrogen and oxygen atoms in total. The average molecular weight is 258 g/mol. The molecule has 6 heteroatoms. The summed E-state index contributed by atoms with van der Waals surface area (Å²) < 4.78 is 4.76.